The average molecular weight is 307 g/mol. The van der Waals surface area contributed by atoms with Gasteiger partial charge in [0.15, 0.2) is 0 Å². The van der Waals surface area contributed by atoms with Gasteiger partial charge in [0.25, 0.3) is 8.03 Å². The van der Waals surface area contributed by atoms with Crippen LogP contribution in [0.3, 0.4) is 0 Å². The number of hydrogen-bond acceptors (Lipinski definition) is 3. The summed E-state index contributed by atoms with van der Waals surface area (Å²) in [4.78, 5) is 0. The van der Waals surface area contributed by atoms with Crippen LogP contribution in [-0.4, -0.2) is 0 Å². The molecule has 4 heteroatoms. The van der Waals surface area contributed by atoms with E-state index in [1.54, 1.807) is 0 Å². The maximum Gasteiger partial charge on any atom is 0.266 e. The van der Waals surface area contributed by atoms with Crippen molar-refractivity contribution in [3.8, 4) is 16.9 Å². The van der Waals surface area contributed by atoms with Crippen molar-refractivity contribution in [3.63, 3.8) is 0 Å². The van der Waals surface area contributed by atoms with Gasteiger partial charge in [-0.15, -0.1) is 0 Å². The molecule has 0 aliphatic carbocycles. The molecule has 1 unspecified atom stereocenters. The Hall–Kier alpha value is -2.51. The number of nitrogens with one attached hydrogen (secondary N) is 1. The Morgan fingerprint density at radius 1 is 0.818 bits per heavy atom. The Bertz CT molecular complexity index is 862. The summed E-state index contributed by atoms with van der Waals surface area (Å²) in [7, 11) is -2.27. The van der Waals surface area contributed by atoms with Crippen LogP contribution in [-0.2, 0) is 4.57 Å². The molecule has 22 heavy (non-hydrogen) atoms. The molecule has 108 valence electrons. The van der Waals surface area contributed by atoms with E-state index < -0.39 is 8.03 Å². The van der Waals surface area contributed by atoms with Crippen LogP contribution in [0.5, 0.6) is 5.75 Å². The van der Waals surface area contributed by atoms with Crippen molar-refractivity contribution >= 4 is 24.7 Å². The summed E-state index contributed by atoms with van der Waals surface area (Å²) in [6.07, 6.45) is 0. The van der Waals surface area contributed by atoms with Crippen LogP contribution in [0.2, 0.25) is 0 Å². The van der Waals surface area contributed by atoms with Gasteiger partial charge in [-0.3, -0.25) is 4.57 Å². The second-order valence-corrected chi connectivity index (χ2v) is 6.42. The minimum atomic E-state index is -2.27. The minimum absolute atomic E-state index is 0.682. The highest BCUT2D eigenvalue weighted by Gasteiger charge is 2.24. The summed E-state index contributed by atoms with van der Waals surface area (Å²) in [6.45, 7) is 0. The molecule has 0 radical (unpaired) electrons. The largest absolute Gasteiger partial charge is 0.441 e. The van der Waals surface area contributed by atoms with Crippen molar-refractivity contribution in [1.82, 2.24) is 0 Å². The fourth-order valence-corrected chi connectivity index (χ4v) is 3.90. The van der Waals surface area contributed by atoms with Gasteiger partial charge in [-0.25, -0.2) is 0 Å². The molecule has 0 saturated carbocycles. The lowest BCUT2D eigenvalue weighted by atomic mass is 10.0. The van der Waals surface area contributed by atoms with E-state index in [4.69, 9.17) is 4.52 Å². The summed E-state index contributed by atoms with van der Waals surface area (Å²) >= 11 is 0. The lowest BCUT2D eigenvalue weighted by molar-refractivity contribution is 0.513. The smallest absolute Gasteiger partial charge is 0.266 e. The van der Waals surface area contributed by atoms with Gasteiger partial charge in [-0.05, 0) is 30.3 Å². The van der Waals surface area contributed by atoms with Crippen molar-refractivity contribution in [2.45, 2.75) is 0 Å². The Morgan fingerprint density at radius 2 is 1.59 bits per heavy atom. The monoisotopic (exact) mass is 307 g/mol. The third-order valence-electron chi connectivity index (χ3n) is 3.70. The second-order valence-electron chi connectivity index (χ2n) is 5.10. The number of benzene rings is 3. The number of fused-ring (bicyclic) bond motifs is 3. The molecule has 1 aliphatic heterocycles. The maximum atomic E-state index is 12.4. The molecule has 1 atom stereocenters. The van der Waals surface area contributed by atoms with Gasteiger partial charge in [0, 0.05) is 22.5 Å². The fourth-order valence-electron chi connectivity index (χ4n) is 2.71. The van der Waals surface area contributed by atoms with Crippen LogP contribution in [0.15, 0.2) is 72.8 Å². The van der Waals surface area contributed by atoms with Crippen molar-refractivity contribution in [3.05, 3.63) is 72.8 Å². The number of anilines is 2. The van der Waals surface area contributed by atoms with Crippen molar-refractivity contribution < 1.29 is 9.09 Å². The average Bonchev–Trinajstić information content (AvgIpc) is 2.56. The van der Waals surface area contributed by atoms with Crippen LogP contribution in [0.25, 0.3) is 11.1 Å². The van der Waals surface area contributed by atoms with E-state index in [1.165, 1.54) is 0 Å². The van der Waals surface area contributed by atoms with Crippen LogP contribution < -0.4 is 15.1 Å². The fraction of sp³-hybridized carbons (Fsp3) is 0. The van der Waals surface area contributed by atoms with Gasteiger partial charge in [0.2, 0.25) is 0 Å². The lowest BCUT2D eigenvalue weighted by Gasteiger charge is -2.23. The molecule has 1 heterocycles. The van der Waals surface area contributed by atoms with E-state index in [1.807, 2.05) is 72.8 Å². The molecule has 0 bridgehead atoms. The molecule has 0 amide bonds. The van der Waals surface area contributed by atoms with Crippen molar-refractivity contribution in [1.29, 1.82) is 0 Å². The van der Waals surface area contributed by atoms with Gasteiger partial charge in [-0.2, -0.15) is 0 Å². The third kappa shape index (κ3) is 2.20. The molecule has 3 aromatic rings. The molecule has 3 aromatic carbocycles. The zero-order valence-corrected chi connectivity index (χ0v) is 12.7. The van der Waals surface area contributed by atoms with Crippen molar-refractivity contribution in [2.24, 2.45) is 0 Å². The van der Waals surface area contributed by atoms with E-state index >= 15 is 0 Å². The number of hydrogen-bond donors (Lipinski definition) is 1. The molecule has 3 nitrogen and oxygen atoms in total. The molecule has 1 aliphatic rings. The molecular weight excluding hydrogens is 293 g/mol. The van der Waals surface area contributed by atoms with Crippen LogP contribution >= 0.6 is 8.03 Å². The summed E-state index contributed by atoms with van der Waals surface area (Å²) in [5, 5.41) is 4.18. The first-order chi connectivity index (χ1) is 10.8. The first-order valence-corrected chi connectivity index (χ1v) is 8.41. The maximum absolute atomic E-state index is 12.4. The van der Waals surface area contributed by atoms with Crippen molar-refractivity contribution in [2.75, 3.05) is 5.32 Å². The van der Waals surface area contributed by atoms with Gasteiger partial charge in [0.05, 0.1) is 5.30 Å². The van der Waals surface area contributed by atoms with Crippen LogP contribution in [0.4, 0.5) is 11.4 Å². The Kier molecular flexibility index (Phi) is 3.21. The molecule has 0 saturated heterocycles. The molecule has 1 N–H and O–H groups in total. The van der Waals surface area contributed by atoms with Crippen LogP contribution in [0.1, 0.15) is 0 Å². The van der Waals surface area contributed by atoms with Crippen LogP contribution in [0, 0.1) is 0 Å². The molecule has 0 spiro atoms. The predicted octanol–water partition coefficient (Wildman–Crippen LogP) is 4.59. The molecule has 0 aromatic heterocycles. The highest BCUT2D eigenvalue weighted by molar-refractivity contribution is 7.49. The molecule has 4 rings (SSSR count). The summed E-state index contributed by atoms with van der Waals surface area (Å²) < 4.78 is 18.0. The standard InChI is InChI=1S/C18H14NO2P/c20-22-17-12-6-10-15(19-13-7-2-1-3-8-13)18(17)14-9-4-5-11-16(14)21-22/h1-12,19,22H. The predicted molar refractivity (Wildman–Crippen MR) is 90.9 cm³/mol. The van der Waals surface area contributed by atoms with Gasteiger partial charge in [-0.1, -0.05) is 42.5 Å². The lowest BCUT2D eigenvalue weighted by Crippen LogP contribution is -2.12. The van der Waals surface area contributed by atoms with E-state index in [0.29, 0.717) is 5.75 Å². The van der Waals surface area contributed by atoms with E-state index in [9.17, 15) is 4.57 Å². The SMILES string of the molecule is O=[PH]1Oc2ccccc2-c2c(Nc3ccccc3)cccc21. The zero-order valence-electron chi connectivity index (χ0n) is 11.7. The first-order valence-electron chi connectivity index (χ1n) is 7.09. The second kappa shape index (κ2) is 5.36. The Morgan fingerprint density at radius 3 is 2.45 bits per heavy atom. The summed E-state index contributed by atoms with van der Waals surface area (Å²) in [5.41, 5.74) is 3.88. The number of para-hydroxylation sites is 2. The van der Waals surface area contributed by atoms with E-state index in [0.717, 1.165) is 27.8 Å². The number of rotatable bonds is 2. The van der Waals surface area contributed by atoms with Gasteiger partial charge in [0.1, 0.15) is 5.75 Å². The van der Waals surface area contributed by atoms with Gasteiger partial charge < -0.3 is 9.84 Å². The van der Waals surface area contributed by atoms with E-state index in [-0.39, 0.29) is 0 Å². The minimum Gasteiger partial charge on any atom is -0.441 e. The summed E-state index contributed by atoms with van der Waals surface area (Å²) in [6, 6.07) is 23.5. The Balaban J connectivity index is 1.89. The highest BCUT2D eigenvalue weighted by Crippen LogP contribution is 2.45. The quantitative estimate of drug-likeness (QED) is 0.704. The molecular formula is C18H14NO2P. The first kappa shape index (κ1) is 13.2. The topological polar surface area (TPSA) is 38.3 Å². The van der Waals surface area contributed by atoms with Gasteiger partial charge >= 0.3 is 0 Å². The third-order valence-corrected chi connectivity index (χ3v) is 4.96. The van der Waals surface area contributed by atoms with E-state index in [2.05, 4.69) is 5.32 Å². The summed E-state index contributed by atoms with van der Waals surface area (Å²) in [5.74, 6) is 0.682. The zero-order chi connectivity index (χ0) is 14.9. The molecule has 0 fully saturated rings. The normalized spacial score (nSPS) is 15.4. The highest BCUT2D eigenvalue weighted by atomic mass is 31.1. The Labute approximate surface area is 129 Å².